The van der Waals surface area contributed by atoms with Crippen molar-refractivity contribution >= 4 is 49.0 Å². The molecule has 21 nitrogen and oxygen atoms in total. The van der Waals surface area contributed by atoms with Gasteiger partial charge >= 0.3 is 18.5 Å². The molecule has 7 rings (SSSR count). The molecule has 64 heavy (non-hydrogen) atoms. The summed E-state index contributed by atoms with van der Waals surface area (Å²) in [6.07, 6.45) is -1.66. The third-order valence-corrected chi connectivity index (χ3v) is 15.3. The fraction of sp³-hybridized carbons (Fsp3) is 0.579. The number of carbonyl (C=O) groups excluding carboxylic acids is 1. The number of ether oxygens (including phenoxy) is 3. The number of nitrogen functional groups attached to an aromatic ring is 1. The second-order valence-corrected chi connectivity index (χ2v) is 20.6. The number of quaternary nitrogens is 1. The Morgan fingerprint density at radius 3 is 2.19 bits per heavy atom. The van der Waals surface area contributed by atoms with E-state index in [1.165, 1.54) is 32.1 Å². The van der Waals surface area contributed by atoms with Gasteiger partial charge in [-0.2, -0.15) is 0 Å². The maximum absolute atomic E-state index is 16.4. The van der Waals surface area contributed by atoms with Gasteiger partial charge in [-0.1, -0.05) is 70.4 Å². The van der Waals surface area contributed by atoms with Gasteiger partial charge in [-0.15, -0.1) is 0 Å². The van der Waals surface area contributed by atoms with Gasteiger partial charge in [0.1, 0.15) is 42.0 Å². The van der Waals surface area contributed by atoms with E-state index in [4.69, 9.17) is 38.0 Å². The lowest BCUT2D eigenvalue weighted by Gasteiger charge is -2.32. The summed E-state index contributed by atoms with van der Waals surface area (Å²) < 4.78 is 102. The average Bonchev–Trinajstić information content (AvgIpc) is 3.91. The van der Waals surface area contributed by atoms with Crippen molar-refractivity contribution in [2.75, 3.05) is 18.9 Å². The lowest BCUT2D eigenvalue weighted by molar-refractivity contribution is -0.235. The molecule has 0 aliphatic carbocycles. The SMILES string of the molecule is CCCCCCCCCCCC(=O)Oc1ccc(CSP2(=O)OC[C@H]3O[C@@H](n4cnc5c(N)ncnc54)[C@H](F)[C@@H]3OP(=O)([O-])OC[C@H]3O[C@@H](n4ccc(=O)[nH]c4=O)[C@H](F)[C@@H]3O2)cc1.[NH4+]. The molecule has 3 saturated heterocycles. The van der Waals surface area contributed by atoms with Crippen LogP contribution in [0.15, 0.2) is 58.8 Å². The van der Waals surface area contributed by atoms with E-state index in [0.29, 0.717) is 33.7 Å². The number of alkyl halides is 2. The third-order valence-electron chi connectivity index (χ3n) is 10.6. The van der Waals surface area contributed by atoms with Crippen LogP contribution in [0.25, 0.3) is 11.2 Å². The van der Waals surface area contributed by atoms with Gasteiger partial charge in [0, 0.05) is 24.4 Å². The van der Waals surface area contributed by atoms with Gasteiger partial charge in [0.15, 0.2) is 36.3 Å². The number of anilines is 1. The minimum atomic E-state index is -5.47. The van der Waals surface area contributed by atoms with Gasteiger partial charge in [0.2, 0.25) is 0 Å². The number of phosphoric acid groups is 1. The monoisotopic (exact) mass is 960 g/mol. The van der Waals surface area contributed by atoms with Crippen LogP contribution in [-0.4, -0.2) is 85.0 Å². The number of halogens is 2. The highest BCUT2D eigenvalue weighted by molar-refractivity contribution is 8.54. The second-order valence-electron chi connectivity index (χ2n) is 15.2. The number of phosphoric ester groups is 1. The summed E-state index contributed by atoms with van der Waals surface area (Å²) in [5.41, 5.74) is 4.76. The van der Waals surface area contributed by atoms with Gasteiger partial charge in [-0.05, 0) is 35.5 Å². The summed E-state index contributed by atoms with van der Waals surface area (Å²) in [6.45, 7) is -4.26. The van der Waals surface area contributed by atoms with Crippen molar-refractivity contribution in [1.29, 1.82) is 0 Å². The molecular weight excluding hydrogens is 908 g/mol. The molecule has 0 saturated carbocycles. The summed E-state index contributed by atoms with van der Waals surface area (Å²) in [7, 11) is -5.47. The Balaban J connectivity index is 0.00000680. The zero-order valence-corrected chi connectivity index (χ0v) is 37.7. The topological polar surface area (TPSA) is 300 Å². The number of nitrogens with one attached hydrogen (secondary N) is 1. The van der Waals surface area contributed by atoms with Crippen LogP contribution in [-0.2, 0) is 47.2 Å². The zero-order valence-electron chi connectivity index (χ0n) is 35.1. The summed E-state index contributed by atoms with van der Waals surface area (Å²) in [5.74, 6) is -0.186. The fourth-order valence-electron chi connectivity index (χ4n) is 7.37. The molecule has 3 aliphatic heterocycles. The van der Waals surface area contributed by atoms with E-state index >= 15 is 8.78 Å². The first-order valence-electron chi connectivity index (χ1n) is 20.6. The van der Waals surface area contributed by atoms with E-state index in [9.17, 15) is 28.4 Å². The Morgan fingerprint density at radius 1 is 0.891 bits per heavy atom. The number of hydrogen-bond donors (Lipinski definition) is 3. The zero-order chi connectivity index (χ0) is 44.7. The number of imidazole rings is 1. The molecule has 3 aromatic heterocycles. The number of carbonyl (C=O) groups is 1. The van der Waals surface area contributed by atoms with Crippen molar-refractivity contribution in [3.05, 3.63) is 75.6 Å². The standard InChI is InChI=1S/C38H49F2N7O13P2S.H3N/c1-2-3-4-5-6-7-8-9-10-11-28(49)56-24-14-12-23(13-15-24)20-63-62(53)55-19-26-32(29(39)37(58-26)47-22-44-31-34(41)42-21-43-35(31)47)59-61(51,52)54-18-25-33(60-62)30(40)36(57-25)46-17-16-27(48)45-38(46)50;/h12-17,21-22,25-26,29-30,32-33,36-37H,2-11,18-20H2,1H3,(H,51,52)(H2,41,42,43)(H,45,48,50);1H3/t25-,26-,29-,30-,32-,33-,36-,37-,62?;/m1./s1. The third kappa shape index (κ3) is 12.1. The fourth-order valence-corrected chi connectivity index (χ4v) is 11.7. The van der Waals surface area contributed by atoms with Crippen LogP contribution < -0.4 is 32.8 Å². The maximum Gasteiger partial charge on any atom is 0.389 e. The van der Waals surface area contributed by atoms with Gasteiger partial charge in [0.05, 0.1) is 19.5 Å². The van der Waals surface area contributed by atoms with Crippen LogP contribution in [0.3, 0.4) is 0 Å². The molecule has 3 aliphatic rings. The summed E-state index contributed by atoms with van der Waals surface area (Å²) in [6, 6.07) is 7.27. The van der Waals surface area contributed by atoms with Gasteiger partial charge in [0.25, 0.3) is 13.4 Å². The van der Waals surface area contributed by atoms with Crippen LogP contribution >= 0.6 is 26.0 Å². The predicted octanol–water partition coefficient (Wildman–Crippen LogP) is 5.96. The number of benzene rings is 1. The summed E-state index contributed by atoms with van der Waals surface area (Å²) in [4.78, 5) is 64.1. The number of aromatic nitrogens is 6. The number of fused-ring (bicyclic) bond motifs is 3. The average molecular weight is 961 g/mol. The first-order chi connectivity index (χ1) is 30.2. The van der Waals surface area contributed by atoms with E-state index in [1.807, 2.05) is 4.98 Å². The highest BCUT2D eigenvalue weighted by atomic mass is 32.7. The lowest BCUT2D eigenvalue weighted by Crippen LogP contribution is -2.38. The molecule has 7 N–H and O–H groups in total. The molecule has 352 valence electrons. The van der Waals surface area contributed by atoms with E-state index in [2.05, 4.69) is 21.9 Å². The van der Waals surface area contributed by atoms with Gasteiger partial charge in [-0.25, -0.2) is 33.1 Å². The first-order valence-corrected chi connectivity index (χ1v) is 25.2. The molecule has 0 radical (unpaired) electrons. The van der Waals surface area contributed by atoms with E-state index in [0.717, 1.165) is 48.7 Å². The summed E-state index contributed by atoms with van der Waals surface area (Å²) in [5, 5.41) is 0. The van der Waals surface area contributed by atoms with Gasteiger partial charge < -0.3 is 40.0 Å². The van der Waals surface area contributed by atoms with Crippen LogP contribution in [0.2, 0.25) is 0 Å². The number of nitrogens with zero attached hydrogens (tertiary/aromatic N) is 5. The number of nitrogens with two attached hydrogens (primary N) is 1. The van der Waals surface area contributed by atoms with Crippen LogP contribution in [0.5, 0.6) is 5.75 Å². The number of unbranched alkanes of at least 4 members (excludes halogenated alkanes) is 8. The first kappa shape index (κ1) is 49.5. The Hall–Kier alpha value is -3.93. The minimum Gasteiger partial charge on any atom is -0.756 e. The number of hydrogen-bond acceptors (Lipinski definition) is 18. The molecule has 0 spiro atoms. The van der Waals surface area contributed by atoms with Crippen LogP contribution in [0, 0.1) is 0 Å². The number of aromatic amines is 1. The van der Waals surface area contributed by atoms with Crippen molar-refractivity contribution in [3.63, 3.8) is 0 Å². The molecule has 0 amide bonds. The number of H-pyrrole nitrogens is 1. The van der Waals surface area contributed by atoms with Crippen LogP contribution in [0.1, 0.15) is 89.2 Å². The Kier molecular flexibility index (Phi) is 17.0. The molecular formula is C38H52F2N8O13P2S. The largest absolute Gasteiger partial charge is 0.756 e. The highest BCUT2D eigenvalue weighted by Crippen LogP contribution is 2.64. The highest BCUT2D eigenvalue weighted by Gasteiger charge is 2.54. The van der Waals surface area contributed by atoms with Crippen molar-refractivity contribution in [3.8, 4) is 5.75 Å². The van der Waals surface area contributed by atoms with Crippen molar-refractivity contribution < 1.29 is 59.9 Å². The van der Waals surface area contributed by atoms with Crippen molar-refractivity contribution in [2.45, 2.75) is 126 Å². The minimum absolute atomic E-state index is 0. The number of esters is 1. The molecule has 10 atom stereocenters. The van der Waals surface area contributed by atoms with E-state index in [-0.39, 0.29) is 41.3 Å². The summed E-state index contributed by atoms with van der Waals surface area (Å²) >= 11 is 0.607. The lowest BCUT2D eigenvalue weighted by atomic mass is 10.1. The predicted molar refractivity (Wildman–Crippen MR) is 227 cm³/mol. The quantitative estimate of drug-likeness (QED) is 0.0505. The molecule has 0 bridgehead atoms. The molecule has 1 aromatic carbocycles. The smallest absolute Gasteiger partial charge is 0.389 e. The van der Waals surface area contributed by atoms with E-state index in [1.54, 1.807) is 24.3 Å². The second kappa shape index (κ2) is 22.0. The van der Waals surface area contributed by atoms with E-state index < -0.39 is 88.3 Å². The number of rotatable bonds is 16. The Labute approximate surface area is 369 Å². The molecule has 2 unspecified atom stereocenters. The van der Waals surface area contributed by atoms with Crippen molar-refractivity contribution in [1.82, 2.24) is 35.2 Å². The molecule has 4 aromatic rings. The Morgan fingerprint density at radius 2 is 1.52 bits per heavy atom. The maximum atomic E-state index is 16.4. The molecule has 26 heteroatoms. The van der Waals surface area contributed by atoms with Crippen LogP contribution in [0.4, 0.5) is 14.6 Å². The molecule has 3 fully saturated rings. The Bertz CT molecular complexity index is 2420. The van der Waals surface area contributed by atoms with Crippen molar-refractivity contribution in [2.24, 2.45) is 0 Å². The normalized spacial score (nSPS) is 29.6. The molecule has 6 heterocycles. The van der Waals surface area contributed by atoms with Gasteiger partial charge in [-0.3, -0.25) is 37.3 Å².